The lowest BCUT2D eigenvalue weighted by Gasteiger charge is -2.32. The van der Waals surface area contributed by atoms with Gasteiger partial charge in [-0.15, -0.1) is 0 Å². The zero-order valence-corrected chi connectivity index (χ0v) is 16.4. The van der Waals surface area contributed by atoms with Crippen molar-refractivity contribution in [3.8, 4) is 0 Å². The average Bonchev–Trinajstić information content (AvgIpc) is 3.13. The Morgan fingerprint density at radius 2 is 2.03 bits per heavy atom. The fraction of sp³-hybridized carbons (Fsp3) is 0.167. The van der Waals surface area contributed by atoms with E-state index in [2.05, 4.69) is 20.4 Å². The highest BCUT2D eigenvalue weighted by Crippen LogP contribution is 2.32. The van der Waals surface area contributed by atoms with Crippen LogP contribution in [0.25, 0.3) is 0 Å². The molecular weight excluding hydrogens is 422 g/mol. The molecule has 0 saturated carbocycles. The molecule has 1 N–H and O–H groups in total. The Labute approximate surface area is 174 Å². The topological polar surface area (TPSA) is 93.0 Å². The van der Waals surface area contributed by atoms with Crippen LogP contribution >= 0.6 is 23.2 Å². The van der Waals surface area contributed by atoms with Crippen molar-refractivity contribution in [3.63, 3.8) is 0 Å². The third-order valence-corrected chi connectivity index (χ3v) is 5.15. The second-order valence-electron chi connectivity index (χ2n) is 6.40. The number of carbonyl (C=O) groups is 2. The first-order chi connectivity index (χ1) is 13.8. The number of amides is 2. The van der Waals surface area contributed by atoms with Crippen molar-refractivity contribution in [1.29, 1.82) is 0 Å². The SMILES string of the molecule is C[C@H]1CN(c2ccc(Cl)c(Cl)c2)C(=O)c2c(C(=O)Nc3cncc(F)n3)cnn21. The summed E-state index contributed by atoms with van der Waals surface area (Å²) in [6.45, 7) is 2.20. The maximum absolute atomic E-state index is 13.2. The summed E-state index contributed by atoms with van der Waals surface area (Å²) in [5, 5.41) is 7.29. The fourth-order valence-corrected chi connectivity index (χ4v) is 3.38. The standard InChI is InChI=1S/C18H13Cl2FN6O2/c1-9-8-26(10-2-3-12(19)13(20)4-10)18(29)16-11(5-23-27(9)16)17(28)25-15-7-22-6-14(21)24-15/h2-7,9H,8H2,1H3,(H,24,25,28)/t9-/m0/s1. The number of nitrogens with one attached hydrogen (secondary N) is 1. The van der Waals surface area contributed by atoms with Gasteiger partial charge in [-0.25, -0.2) is 0 Å². The molecule has 0 spiro atoms. The summed E-state index contributed by atoms with van der Waals surface area (Å²) in [5.41, 5.74) is 0.695. The van der Waals surface area contributed by atoms with Gasteiger partial charge in [0.05, 0.1) is 40.2 Å². The van der Waals surface area contributed by atoms with Gasteiger partial charge in [-0.2, -0.15) is 14.5 Å². The summed E-state index contributed by atoms with van der Waals surface area (Å²) >= 11 is 12.0. The van der Waals surface area contributed by atoms with Crippen molar-refractivity contribution in [2.45, 2.75) is 13.0 Å². The Morgan fingerprint density at radius 1 is 1.24 bits per heavy atom. The lowest BCUT2D eigenvalue weighted by molar-refractivity contribution is 0.0939. The molecule has 8 nitrogen and oxygen atoms in total. The van der Waals surface area contributed by atoms with Gasteiger partial charge in [-0.3, -0.25) is 19.3 Å². The molecule has 3 heterocycles. The number of anilines is 2. The van der Waals surface area contributed by atoms with Gasteiger partial charge in [-0.1, -0.05) is 23.2 Å². The molecule has 1 aliphatic rings. The summed E-state index contributed by atoms with van der Waals surface area (Å²) in [6, 6.07) is 4.65. The Bertz CT molecular complexity index is 1140. The molecule has 3 aromatic rings. The van der Waals surface area contributed by atoms with E-state index in [0.717, 1.165) is 6.20 Å². The van der Waals surface area contributed by atoms with Crippen LogP contribution in [0.2, 0.25) is 10.0 Å². The number of carbonyl (C=O) groups excluding carboxylic acids is 2. The Hall–Kier alpha value is -3.04. The van der Waals surface area contributed by atoms with Crippen LogP contribution < -0.4 is 10.2 Å². The normalized spacial score (nSPS) is 15.9. The van der Waals surface area contributed by atoms with Crippen molar-refractivity contribution in [3.05, 3.63) is 64.0 Å². The molecule has 148 valence electrons. The number of benzene rings is 1. The van der Waals surface area contributed by atoms with E-state index in [1.807, 2.05) is 6.92 Å². The zero-order chi connectivity index (χ0) is 20.7. The molecular formula is C18H13Cl2FN6O2. The minimum absolute atomic E-state index is 0.0395. The molecule has 0 bridgehead atoms. The minimum Gasteiger partial charge on any atom is -0.305 e. The van der Waals surface area contributed by atoms with Gasteiger partial charge >= 0.3 is 0 Å². The maximum Gasteiger partial charge on any atom is 0.277 e. The molecule has 0 fully saturated rings. The number of halogens is 3. The van der Waals surface area contributed by atoms with Gasteiger partial charge in [-0.05, 0) is 25.1 Å². The van der Waals surface area contributed by atoms with Gasteiger partial charge in [0.25, 0.3) is 11.8 Å². The number of hydrogen-bond acceptors (Lipinski definition) is 5. The fourth-order valence-electron chi connectivity index (χ4n) is 3.09. The highest BCUT2D eigenvalue weighted by atomic mass is 35.5. The number of fused-ring (bicyclic) bond motifs is 1. The molecule has 1 atom stereocenters. The molecule has 0 aliphatic carbocycles. The second-order valence-corrected chi connectivity index (χ2v) is 7.21. The van der Waals surface area contributed by atoms with Crippen molar-refractivity contribution in [1.82, 2.24) is 19.7 Å². The zero-order valence-electron chi connectivity index (χ0n) is 14.9. The smallest absolute Gasteiger partial charge is 0.277 e. The van der Waals surface area contributed by atoms with Crippen LogP contribution in [0.5, 0.6) is 0 Å². The van der Waals surface area contributed by atoms with Crippen LogP contribution in [-0.4, -0.2) is 38.1 Å². The van der Waals surface area contributed by atoms with E-state index >= 15 is 0 Å². The van der Waals surface area contributed by atoms with Gasteiger partial charge in [0.15, 0.2) is 5.82 Å². The van der Waals surface area contributed by atoms with E-state index in [1.54, 1.807) is 18.2 Å². The molecule has 11 heteroatoms. The second kappa shape index (κ2) is 7.41. The first-order valence-corrected chi connectivity index (χ1v) is 9.24. The summed E-state index contributed by atoms with van der Waals surface area (Å²) in [6.07, 6.45) is 3.41. The van der Waals surface area contributed by atoms with E-state index in [9.17, 15) is 14.0 Å². The number of nitrogens with zero attached hydrogens (tertiary/aromatic N) is 5. The molecule has 0 radical (unpaired) electrons. The number of rotatable bonds is 3. The van der Waals surface area contributed by atoms with Crippen LogP contribution in [0, 0.1) is 5.95 Å². The van der Waals surface area contributed by atoms with Crippen molar-refractivity contribution in [2.24, 2.45) is 0 Å². The van der Waals surface area contributed by atoms with E-state index in [1.165, 1.54) is 22.0 Å². The molecule has 0 saturated heterocycles. The summed E-state index contributed by atoms with van der Waals surface area (Å²) in [5.74, 6) is -1.99. The van der Waals surface area contributed by atoms with Crippen molar-refractivity contribution in [2.75, 3.05) is 16.8 Å². The predicted octanol–water partition coefficient (Wildman–Crippen LogP) is 3.59. The highest BCUT2D eigenvalue weighted by molar-refractivity contribution is 6.42. The Morgan fingerprint density at radius 3 is 2.76 bits per heavy atom. The molecule has 29 heavy (non-hydrogen) atoms. The summed E-state index contributed by atoms with van der Waals surface area (Å²) in [7, 11) is 0. The average molecular weight is 435 g/mol. The third-order valence-electron chi connectivity index (χ3n) is 4.41. The van der Waals surface area contributed by atoms with Gasteiger partial charge in [0, 0.05) is 12.2 Å². The third kappa shape index (κ3) is 3.54. The van der Waals surface area contributed by atoms with E-state index in [-0.39, 0.29) is 23.1 Å². The van der Waals surface area contributed by atoms with Crippen LogP contribution in [-0.2, 0) is 0 Å². The van der Waals surface area contributed by atoms with Crippen LogP contribution in [0.15, 0.2) is 36.8 Å². The summed E-state index contributed by atoms with van der Waals surface area (Å²) in [4.78, 5) is 34.5. The largest absolute Gasteiger partial charge is 0.305 e. The van der Waals surface area contributed by atoms with Crippen molar-refractivity contribution >= 4 is 46.5 Å². The lowest BCUT2D eigenvalue weighted by Crippen LogP contribution is -2.43. The predicted molar refractivity (Wildman–Crippen MR) is 105 cm³/mol. The first kappa shape index (κ1) is 19.3. The number of hydrogen-bond donors (Lipinski definition) is 1. The van der Waals surface area contributed by atoms with Crippen LogP contribution in [0.3, 0.4) is 0 Å². The summed E-state index contributed by atoms with van der Waals surface area (Å²) < 4.78 is 14.7. The Balaban J connectivity index is 1.69. The molecule has 4 rings (SSSR count). The quantitative estimate of drug-likeness (QED) is 0.679. The molecule has 1 aromatic carbocycles. The minimum atomic E-state index is -0.838. The van der Waals surface area contributed by atoms with Crippen LogP contribution in [0.4, 0.5) is 15.9 Å². The Kier molecular flexibility index (Phi) is 4.93. The number of aromatic nitrogens is 4. The van der Waals surface area contributed by atoms with Gasteiger partial charge < -0.3 is 10.2 Å². The molecule has 1 aliphatic heterocycles. The maximum atomic E-state index is 13.2. The van der Waals surface area contributed by atoms with Crippen molar-refractivity contribution < 1.29 is 14.0 Å². The van der Waals surface area contributed by atoms with Gasteiger partial charge in [0.2, 0.25) is 5.95 Å². The first-order valence-electron chi connectivity index (χ1n) is 8.48. The van der Waals surface area contributed by atoms with E-state index < -0.39 is 17.8 Å². The lowest BCUT2D eigenvalue weighted by atomic mass is 10.1. The highest BCUT2D eigenvalue weighted by Gasteiger charge is 2.35. The van der Waals surface area contributed by atoms with Crippen LogP contribution in [0.1, 0.15) is 33.8 Å². The molecule has 0 unspecified atom stereocenters. The van der Waals surface area contributed by atoms with E-state index in [4.69, 9.17) is 23.2 Å². The molecule has 2 aromatic heterocycles. The molecule has 2 amide bonds. The monoisotopic (exact) mass is 434 g/mol. The van der Waals surface area contributed by atoms with Gasteiger partial charge in [0.1, 0.15) is 5.69 Å². The van der Waals surface area contributed by atoms with E-state index in [0.29, 0.717) is 22.3 Å².